The van der Waals surface area contributed by atoms with Gasteiger partial charge in [0.1, 0.15) is 10.8 Å². The van der Waals surface area contributed by atoms with Crippen molar-refractivity contribution >= 4 is 34.1 Å². The van der Waals surface area contributed by atoms with Gasteiger partial charge in [0.25, 0.3) is 11.1 Å². The fraction of sp³-hybridized carbons (Fsp3) is 0.333. The Labute approximate surface area is 93.6 Å². The molecular weight excluding hydrogens is 234 g/mol. The molecule has 15 heavy (non-hydrogen) atoms. The van der Waals surface area contributed by atoms with Gasteiger partial charge in [-0.1, -0.05) is 10.3 Å². The largest absolute Gasteiger partial charge is 0.256 e. The summed E-state index contributed by atoms with van der Waals surface area (Å²) in [6, 6.07) is 0. The van der Waals surface area contributed by atoms with Gasteiger partial charge >= 0.3 is 0 Å². The highest BCUT2D eigenvalue weighted by atomic mass is 32.1. The molecular formula is C6H7N7S2. The second-order valence-corrected chi connectivity index (χ2v) is 4.26. The molecule has 2 aromatic rings. The Morgan fingerprint density at radius 3 is 2.60 bits per heavy atom. The van der Waals surface area contributed by atoms with E-state index in [0.717, 1.165) is 5.01 Å². The summed E-state index contributed by atoms with van der Waals surface area (Å²) in [5.74, 6) is 1.14. The summed E-state index contributed by atoms with van der Waals surface area (Å²) in [4.78, 5) is 8.07. The summed E-state index contributed by atoms with van der Waals surface area (Å²) >= 11 is 2.49. The second-order valence-electron chi connectivity index (χ2n) is 2.57. The van der Waals surface area contributed by atoms with Crippen molar-refractivity contribution < 1.29 is 0 Å². The van der Waals surface area contributed by atoms with E-state index in [-0.39, 0.29) is 0 Å². The lowest BCUT2D eigenvalue weighted by molar-refractivity contribution is 1.06. The average molecular weight is 241 g/mol. The zero-order valence-corrected chi connectivity index (χ0v) is 9.63. The molecule has 78 valence electrons. The van der Waals surface area contributed by atoms with Crippen molar-refractivity contribution in [3.63, 3.8) is 0 Å². The minimum absolute atomic E-state index is 0.447. The molecule has 0 aliphatic heterocycles. The maximum atomic E-state index is 4.06. The number of aryl methyl sites for hydroxylation is 2. The van der Waals surface area contributed by atoms with Gasteiger partial charge in [0.05, 0.1) is 0 Å². The first-order chi connectivity index (χ1) is 7.24. The van der Waals surface area contributed by atoms with Crippen LogP contribution in [0.3, 0.4) is 0 Å². The topological polar surface area (TPSA) is 88.3 Å². The van der Waals surface area contributed by atoms with Crippen molar-refractivity contribution in [1.29, 1.82) is 0 Å². The van der Waals surface area contributed by atoms with Crippen molar-refractivity contribution in [2.45, 2.75) is 13.8 Å². The Morgan fingerprint density at radius 1 is 1.13 bits per heavy atom. The Bertz CT molecular complexity index is 473. The number of nitrogens with zero attached hydrogens (tertiary/aromatic N) is 6. The number of hydrogen-bond donors (Lipinski definition) is 1. The standard InChI is InChI=1S/C6H7N7S2/c1-3-7-6(15-11-3)10-13-9-5-8-4(2)14-12-5/h1-2H3,(H,7,9,10,11,12). The van der Waals surface area contributed by atoms with Crippen LogP contribution in [0.5, 0.6) is 0 Å². The van der Waals surface area contributed by atoms with Gasteiger partial charge in [-0.3, -0.25) is 0 Å². The first-order valence-electron chi connectivity index (χ1n) is 4.01. The molecule has 0 saturated heterocycles. The van der Waals surface area contributed by atoms with E-state index in [4.69, 9.17) is 0 Å². The molecule has 0 saturated carbocycles. The van der Waals surface area contributed by atoms with Crippen LogP contribution in [-0.4, -0.2) is 18.7 Å². The lowest BCUT2D eigenvalue weighted by atomic mass is 10.8. The van der Waals surface area contributed by atoms with Crippen LogP contribution in [0, 0.1) is 13.8 Å². The van der Waals surface area contributed by atoms with Crippen LogP contribution >= 0.6 is 23.1 Å². The highest BCUT2D eigenvalue weighted by Crippen LogP contribution is 2.14. The minimum atomic E-state index is 0.447. The molecule has 7 nitrogen and oxygen atoms in total. The quantitative estimate of drug-likeness (QED) is 0.656. The van der Waals surface area contributed by atoms with E-state index in [9.17, 15) is 0 Å². The van der Waals surface area contributed by atoms with E-state index < -0.39 is 0 Å². The van der Waals surface area contributed by atoms with Crippen LogP contribution in [0.1, 0.15) is 10.8 Å². The third-order valence-electron chi connectivity index (χ3n) is 1.33. The third-order valence-corrected chi connectivity index (χ3v) is 2.64. The number of rotatable bonds is 3. The van der Waals surface area contributed by atoms with E-state index >= 15 is 0 Å². The molecule has 2 aromatic heterocycles. The fourth-order valence-corrected chi connectivity index (χ4v) is 1.72. The van der Waals surface area contributed by atoms with Crippen LogP contribution in [0.25, 0.3) is 0 Å². The van der Waals surface area contributed by atoms with Crippen molar-refractivity contribution in [3.8, 4) is 0 Å². The maximum absolute atomic E-state index is 4.06. The van der Waals surface area contributed by atoms with Crippen LogP contribution < -0.4 is 5.43 Å². The first kappa shape index (κ1) is 10.1. The second kappa shape index (κ2) is 4.36. The van der Waals surface area contributed by atoms with Crippen LogP contribution in [0.2, 0.25) is 0 Å². The highest BCUT2D eigenvalue weighted by molar-refractivity contribution is 7.09. The fourth-order valence-electron chi connectivity index (χ4n) is 0.784. The monoisotopic (exact) mass is 241 g/mol. The van der Waals surface area contributed by atoms with Crippen molar-refractivity contribution in [3.05, 3.63) is 10.8 Å². The predicted octanol–water partition coefficient (Wildman–Crippen LogP) is 2.12. The Morgan fingerprint density at radius 2 is 2.00 bits per heavy atom. The molecule has 0 aliphatic carbocycles. The van der Waals surface area contributed by atoms with Crippen LogP contribution in [0.15, 0.2) is 10.3 Å². The lowest BCUT2D eigenvalue weighted by Gasteiger charge is -1.87. The maximum Gasteiger partial charge on any atom is 0.256 e. The molecule has 9 heteroatoms. The lowest BCUT2D eigenvalue weighted by Crippen LogP contribution is -1.88. The number of aromatic nitrogens is 4. The van der Waals surface area contributed by atoms with E-state index in [1.54, 1.807) is 6.92 Å². The molecule has 0 aliphatic rings. The van der Waals surface area contributed by atoms with Gasteiger partial charge < -0.3 is 0 Å². The molecule has 0 fully saturated rings. The smallest absolute Gasteiger partial charge is 0.225 e. The van der Waals surface area contributed by atoms with Gasteiger partial charge in [-0.05, 0) is 25.4 Å². The van der Waals surface area contributed by atoms with Crippen molar-refractivity contribution in [1.82, 2.24) is 18.7 Å². The number of hydrogen-bond acceptors (Lipinski definition) is 8. The first-order valence-corrected chi connectivity index (χ1v) is 5.56. The predicted molar refractivity (Wildman–Crippen MR) is 57.4 cm³/mol. The molecule has 0 aromatic carbocycles. The molecule has 0 bridgehead atoms. The van der Waals surface area contributed by atoms with Crippen LogP contribution in [-0.2, 0) is 0 Å². The molecule has 0 atom stereocenters. The molecule has 0 radical (unpaired) electrons. The summed E-state index contributed by atoms with van der Waals surface area (Å²) in [5.41, 5.74) is 2.61. The van der Waals surface area contributed by atoms with Gasteiger partial charge in [0.2, 0.25) is 0 Å². The summed E-state index contributed by atoms with van der Waals surface area (Å²) in [5, 5.41) is 8.90. The van der Waals surface area contributed by atoms with Gasteiger partial charge in [0, 0.05) is 11.5 Å². The van der Waals surface area contributed by atoms with E-state index in [2.05, 4.69) is 34.5 Å². The molecule has 2 rings (SSSR count). The Balaban J connectivity index is 1.96. The SMILES string of the molecule is Cc1nsc(N=NNc2nsc(C)n2)n1. The van der Waals surface area contributed by atoms with Crippen molar-refractivity contribution in [2.24, 2.45) is 10.3 Å². The highest BCUT2D eigenvalue weighted by Gasteiger charge is 1.98. The van der Waals surface area contributed by atoms with Gasteiger partial charge in [0.15, 0.2) is 0 Å². The summed E-state index contributed by atoms with van der Waals surface area (Å²) in [6.07, 6.45) is 0. The minimum Gasteiger partial charge on any atom is -0.225 e. The third kappa shape index (κ3) is 2.73. The molecule has 0 spiro atoms. The van der Waals surface area contributed by atoms with E-state index in [0.29, 0.717) is 16.9 Å². The summed E-state index contributed by atoms with van der Waals surface area (Å²) in [7, 11) is 0. The zero-order valence-electron chi connectivity index (χ0n) is 8.00. The molecule has 0 amide bonds. The summed E-state index contributed by atoms with van der Waals surface area (Å²) in [6.45, 7) is 3.67. The van der Waals surface area contributed by atoms with Gasteiger partial charge in [-0.15, -0.1) is 0 Å². The Hall–Kier alpha value is -1.48. The van der Waals surface area contributed by atoms with Crippen molar-refractivity contribution in [2.75, 3.05) is 5.43 Å². The molecule has 0 unspecified atom stereocenters. The normalized spacial score (nSPS) is 11.1. The molecule has 1 N–H and O–H groups in total. The van der Waals surface area contributed by atoms with E-state index in [1.807, 2.05) is 6.92 Å². The van der Waals surface area contributed by atoms with E-state index in [1.165, 1.54) is 23.1 Å². The van der Waals surface area contributed by atoms with Gasteiger partial charge in [-0.2, -0.15) is 8.75 Å². The van der Waals surface area contributed by atoms with Crippen LogP contribution in [0.4, 0.5) is 11.1 Å². The molecule has 2 heterocycles. The number of nitrogens with one attached hydrogen (secondary N) is 1. The summed E-state index contributed by atoms with van der Waals surface area (Å²) < 4.78 is 7.95. The number of anilines is 1. The Kier molecular flexibility index (Phi) is 2.92. The van der Waals surface area contributed by atoms with Gasteiger partial charge in [-0.25, -0.2) is 15.4 Å². The zero-order chi connectivity index (χ0) is 10.7. The average Bonchev–Trinajstić information content (AvgIpc) is 2.76.